The third kappa shape index (κ3) is 11.1. The van der Waals surface area contributed by atoms with Gasteiger partial charge >= 0.3 is 0 Å². The lowest BCUT2D eigenvalue weighted by atomic mass is 10.0. The number of benzene rings is 1. The van der Waals surface area contributed by atoms with Crippen molar-refractivity contribution in [2.24, 2.45) is 0 Å². The number of hydrogen-bond donors (Lipinski definition) is 1. The quantitative estimate of drug-likeness (QED) is 0.157. The Labute approximate surface area is 183 Å². The Morgan fingerprint density at radius 2 is 1.43 bits per heavy atom. The second-order valence-corrected chi connectivity index (χ2v) is 21.2. The number of Topliss-reactive ketones (excluding diaryl/α,β-unsaturated/α-hetero) is 1. The molecule has 0 bridgehead atoms. The van der Waals surface area contributed by atoms with Crippen molar-refractivity contribution in [2.45, 2.75) is 71.1 Å². The van der Waals surface area contributed by atoms with Crippen molar-refractivity contribution in [3.8, 4) is 17.2 Å². The topological polar surface area (TPSA) is 74.2 Å². The van der Waals surface area contributed by atoms with Crippen LogP contribution in [0.3, 0.4) is 0 Å². The second kappa shape index (κ2) is 12.5. The van der Waals surface area contributed by atoms with E-state index in [9.17, 15) is 9.90 Å². The van der Waals surface area contributed by atoms with E-state index in [-0.39, 0.29) is 36.4 Å². The van der Waals surface area contributed by atoms with Crippen LogP contribution < -0.4 is 9.47 Å². The minimum atomic E-state index is -1.18. The lowest BCUT2D eigenvalue weighted by molar-refractivity contribution is 0.0173. The van der Waals surface area contributed by atoms with Crippen LogP contribution in [0.15, 0.2) is 12.1 Å². The zero-order valence-corrected chi connectivity index (χ0v) is 21.8. The number of phenolic OH excluding ortho intramolecular Hbond substituents is 1. The number of hydrogen-bond acceptors (Lipinski definition) is 6. The van der Waals surface area contributed by atoms with Crippen molar-refractivity contribution < 1.29 is 28.8 Å². The molecular formula is C22H40O6Si2. The summed E-state index contributed by atoms with van der Waals surface area (Å²) in [4.78, 5) is 12.5. The molecule has 1 aromatic rings. The smallest absolute Gasteiger partial charge is 0.189 e. The number of ketones is 1. The van der Waals surface area contributed by atoms with Gasteiger partial charge in [-0.25, -0.2) is 0 Å². The molecule has 0 aliphatic rings. The Hall–Kier alpha value is -1.36. The number of rotatable bonds is 15. The third-order valence-corrected chi connectivity index (χ3v) is 7.82. The largest absolute Gasteiger partial charge is 0.507 e. The number of carbonyl (C=O) groups excluding carboxylic acids is 1. The first-order valence-corrected chi connectivity index (χ1v) is 18.2. The van der Waals surface area contributed by atoms with Crippen LogP contribution in [-0.2, 0) is 9.47 Å². The molecule has 0 aliphatic carbocycles. The average molecular weight is 457 g/mol. The molecule has 1 rings (SSSR count). The monoisotopic (exact) mass is 456 g/mol. The minimum absolute atomic E-state index is 0.0203. The minimum Gasteiger partial charge on any atom is -0.507 e. The van der Waals surface area contributed by atoms with Gasteiger partial charge in [-0.3, -0.25) is 4.79 Å². The molecule has 0 aliphatic heterocycles. The van der Waals surface area contributed by atoms with Gasteiger partial charge in [0.25, 0.3) is 0 Å². The van der Waals surface area contributed by atoms with Crippen LogP contribution in [0.5, 0.6) is 17.2 Å². The van der Waals surface area contributed by atoms with Crippen LogP contribution in [0.25, 0.3) is 0 Å². The van der Waals surface area contributed by atoms with E-state index in [2.05, 4.69) is 39.3 Å². The molecule has 0 radical (unpaired) electrons. The maximum absolute atomic E-state index is 12.5. The van der Waals surface area contributed by atoms with Crippen LogP contribution in [0.2, 0.25) is 51.4 Å². The summed E-state index contributed by atoms with van der Waals surface area (Å²) in [5.74, 6) is 0.361. The van der Waals surface area contributed by atoms with Crippen molar-refractivity contribution in [2.75, 3.05) is 26.8 Å². The summed E-state index contributed by atoms with van der Waals surface area (Å²) in [7, 11) is -2.34. The number of ether oxygens (including phenoxy) is 4. The van der Waals surface area contributed by atoms with Crippen molar-refractivity contribution in [1.82, 2.24) is 0 Å². The number of carbonyl (C=O) groups is 1. The molecule has 0 saturated heterocycles. The van der Waals surface area contributed by atoms with Crippen molar-refractivity contribution >= 4 is 21.9 Å². The van der Waals surface area contributed by atoms with E-state index in [1.165, 1.54) is 6.07 Å². The Morgan fingerprint density at radius 1 is 0.900 bits per heavy atom. The highest BCUT2D eigenvalue weighted by molar-refractivity contribution is 6.76. The van der Waals surface area contributed by atoms with Gasteiger partial charge in [-0.05, 0) is 18.5 Å². The Morgan fingerprint density at radius 3 is 1.93 bits per heavy atom. The molecule has 0 saturated carbocycles. The molecular weight excluding hydrogens is 416 g/mol. The summed E-state index contributed by atoms with van der Waals surface area (Å²) in [5, 5.41) is 10.4. The lowest BCUT2D eigenvalue weighted by Crippen LogP contribution is -2.22. The molecule has 172 valence electrons. The van der Waals surface area contributed by atoms with E-state index in [4.69, 9.17) is 18.9 Å². The fourth-order valence-electron chi connectivity index (χ4n) is 2.50. The summed E-state index contributed by atoms with van der Waals surface area (Å²) in [6.07, 6.45) is 1.02. The highest BCUT2D eigenvalue weighted by atomic mass is 28.3. The van der Waals surface area contributed by atoms with Crippen molar-refractivity contribution in [1.29, 1.82) is 0 Å². The van der Waals surface area contributed by atoms with Crippen LogP contribution >= 0.6 is 0 Å². The van der Waals surface area contributed by atoms with Gasteiger partial charge in [0.1, 0.15) is 22.8 Å². The summed E-state index contributed by atoms with van der Waals surface area (Å²) < 4.78 is 22.5. The van der Waals surface area contributed by atoms with Gasteiger partial charge in [0.05, 0.1) is 0 Å². The summed E-state index contributed by atoms with van der Waals surface area (Å²) in [6.45, 7) is 17.0. The van der Waals surface area contributed by atoms with Crippen molar-refractivity contribution in [3.63, 3.8) is 0 Å². The Balaban J connectivity index is 2.76. The van der Waals surface area contributed by atoms with E-state index in [1.54, 1.807) is 6.07 Å². The molecule has 8 heteroatoms. The maximum atomic E-state index is 12.5. The zero-order chi connectivity index (χ0) is 22.8. The van der Waals surface area contributed by atoms with Gasteiger partial charge < -0.3 is 24.1 Å². The fraction of sp³-hybridized carbons (Fsp3) is 0.682. The maximum Gasteiger partial charge on any atom is 0.189 e. The van der Waals surface area contributed by atoms with Crippen LogP contribution in [0.1, 0.15) is 30.1 Å². The molecule has 0 heterocycles. The summed E-state index contributed by atoms with van der Waals surface area (Å²) in [6, 6.07) is 5.13. The standard InChI is InChI=1S/C22H40O6Si2/c1-8-9-19(23)22-20(24)14-18(27-16-25-10-12-29(2,3)4)15-21(22)28-17-26-11-13-30(5,6)7/h14-15,24H,8-13,16-17H2,1-7H3. The fourth-order valence-corrected chi connectivity index (χ4v) is 4.01. The van der Waals surface area contributed by atoms with Gasteiger partial charge in [0.2, 0.25) is 0 Å². The highest BCUT2D eigenvalue weighted by Gasteiger charge is 2.20. The highest BCUT2D eigenvalue weighted by Crippen LogP contribution is 2.35. The summed E-state index contributed by atoms with van der Waals surface area (Å²) in [5.41, 5.74) is 0.178. The third-order valence-electron chi connectivity index (χ3n) is 4.41. The predicted molar refractivity (Wildman–Crippen MR) is 127 cm³/mol. The normalized spacial score (nSPS) is 12.1. The van der Waals surface area contributed by atoms with Crippen molar-refractivity contribution in [3.05, 3.63) is 17.7 Å². The van der Waals surface area contributed by atoms with E-state index < -0.39 is 16.1 Å². The molecule has 30 heavy (non-hydrogen) atoms. The van der Waals surface area contributed by atoms with Crippen LogP contribution in [0.4, 0.5) is 0 Å². The SMILES string of the molecule is CCCC(=O)c1c(O)cc(OCOCC[Si](C)(C)C)cc1OCOCC[Si](C)(C)C. The Kier molecular flexibility index (Phi) is 11.1. The molecule has 1 aromatic carbocycles. The van der Waals surface area contributed by atoms with E-state index in [1.807, 2.05) is 6.92 Å². The first kappa shape index (κ1) is 26.7. The molecule has 0 amide bonds. The summed E-state index contributed by atoms with van der Waals surface area (Å²) >= 11 is 0. The van der Waals surface area contributed by atoms with Gasteiger partial charge in [-0.15, -0.1) is 0 Å². The van der Waals surface area contributed by atoms with Gasteiger partial charge in [0.15, 0.2) is 19.4 Å². The molecule has 0 spiro atoms. The molecule has 0 atom stereocenters. The molecule has 6 nitrogen and oxygen atoms in total. The molecule has 0 aromatic heterocycles. The van der Waals surface area contributed by atoms with Gasteiger partial charge in [-0.2, -0.15) is 0 Å². The van der Waals surface area contributed by atoms with Gasteiger partial charge in [-0.1, -0.05) is 46.2 Å². The molecule has 0 fully saturated rings. The van der Waals surface area contributed by atoms with E-state index >= 15 is 0 Å². The van der Waals surface area contributed by atoms with E-state index in [0.717, 1.165) is 12.1 Å². The number of phenols is 1. The average Bonchev–Trinajstić information content (AvgIpc) is 2.59. The first-order valence-electron chi connectivity index (χ1n) is 10.7. The Bertz CT molecular complexity index is 665. The molecule has 1 N–H and O–H groups in total. The van der Waals surface area contributed by atoms with Gasteiger partial charge in [0, 0.05) is 47.9 Å². The zero-order valence-electron chi connectivity index (χ0n) is 19.8. The first-order chi connectivity index (χ1) is 13.9. The van der Waals surface area contributed by atoms with E-state index in [0.29, 0.717) is 31.8 Å². The molecule has 0 unspecified atom stereocenters. The second-order valence-electron chi connectivity index (χ2n) is 9.95. The van der Waals surface area contributed by atoms with Crippen LogP contribution in [-0.4, -0.2) is 53.8 Å². The van der Waals surface area contributed by atoms with Crippen LogP contribution in [0, 0.1) is 0 Å². The number of aromatic hydroxyl groups is 1. The lowest BCUT2D eigenvalue weighted by Gasteiger charge is -2.18. The predicted octanol–water partition coefficient (Wildman–Crippen LogP) is 5.76.